The molecule has 0 aliphatic carbocycles. The van der Waals surface area contributed by atoms with Crippen LogP contribution in [0.3, 0.4) is 0 Å². The molecular weight excluding hydrogens is 202 g/mol. The van der Waals surface area contributed by atoms with Gasteiger partial charge in [0.05, 0.1) is 13.2 Å². The van der Waals surface area contributed by atoms with Crippen molar-refractivity contribution in [1.29, 1.82) is 0 Å². The molecule has 0 spiro atoms. The topological polar surface area (TPSA) is 30.5 Å². The summed E-state index contributed by atoms with van der Waals surface area (Å²) in [6, 6.07) is 0.594. The summed E-state index contributed by atoms with van der Waals surface area (Å²) < 4.78 is 10.8. The Bertz CT molecular complexity index is 129. The fourth-order valence-electron chi connectivity index (χ4n) is 2.16. The normalized spacial score (nSPS) is 29.6. The number of nitrogens with one attached hydrogen (secondary N) is 1. The highest BCUT2D eigenvalue weighted by Crippen LogP contribution is 2.20. The van der Waals surface area contributed by atoms with Crippen LogP contribution in [0.15, 0.2) is 0 Å². The largest absolute Gasteiger partial charge is 0.381 e. The molecule has 0 aromatic carbocycles. The van der Waals surface area contributed by atoms with Crippen LogP contribution in [0.1, 0.15) is 19.3 Å². The molecule has 2 heterocycles. The second kappa shape index (κ2) is 6.62. The van der Waals surface area contributed by atoms with Gasteiger partial charge in [0.15, 0.2) is 0 Å². The van der Waals surface area contributed by atoms with Crippen LogP contribution >= 0.6 is 12.4 Å². The van der Waals surface area contributed by atoms with Crippen LogP contribution in [0, 0.1) is 5.92 Å². The highest BCUT2D eigenvalue weighted by molar-refractivity contribution is 5.85. The molecule has 2 aliphatic rings. The van der Waals surface area contributed by atoms with Crippen molar-refractivity contribution in [3.05, 3.63) is 0 Å². The number of hydrogen-bond acceptors (Lipinski definition) is 3. The summed E-state index contributed by atoms with van der Waals surface area (Å²) in [4.78, 5) is 0. The van der Waals surface area contributed by atoms with Crippen LogP contribution in [0.5, 0.6) is 0 Å². The van der Waals surface area contributed by atoms with E-state index in [0.717, 1.165) is 38.9 Å². The SMILES string of the molecule is C1COCC(CC2CCOCC2)N1.Cl. The van der Waals surface area contributed by atoms with Gasteiger partial charge >= 0.3 is 0 Å². The molecule has 1 unspecified atom stereocenters. The first-order valence-corrected chi connectivity index (χ1v) is 5.34. The predicted molar refractivity (Wildman–Crippen MR) is 58.0 cm³/mol. The van der Waals surface area contributed by atoms with Gasteiger partial charge in [0.2, 0.25) is 0 Å². The third-order valence-corrected chi connectivity index (χ3v) is 2.96. The molecule has 2 fully saturated rings. The van der Waals surface area contributed by atoms with E-state index in [1.807, 2.05) is 0 Å². The zero-order chi connectivity index (χ0) is 8.93. The second-order valence-corrected chi connectivity index (χ2v) is 4.02. The van der Waals surface area contributed by atoms with Gasteiger partial charge in [-0.2, -0.15) is 0 Å². The van der Waals surface area contributed by atoms with Gasteiger partial charge in [-0.3, -0.25) is 0 Å². The Hall–Kier alpha value is 0.170. The third kappa shape index (κ3) is 3.73. The fraction of sp³-hybridized carbons (Fsp3) is 1.00. The van der Waals surface area contributed by atoms with Gasteiger partial charge in [0.1, 0.15) is 0 Å². The molecule has 14 heavy (non-hydrogen) atoms. The first kappa shape index (κ1) is 12.2. The van der Waals surface area contributed by atoms with E-state index < -0.39 is 0 Å². The van der Waals surface area contributed by atoms with Crippen molar-refractivity contribution in [3.8, 4) is 0 Å². The maximum Gasteiger partial charge on any atom is 0.0620 e. The minimum atomic E-state index is 0. The van der Waals surface area contributed by atoms with Crippen LogP contribution < -0.4 is 5.32 Å². The number of ether oxygens (including phenoxy) is 2. The molecule has 0 aromatic rings. The van der Waals surface area contributed by atoms with E-state index in [1.54, 1.807) is 0 Å². The van der Waals surface area contributed by atoms with Crippen molar-refractivity contribution in [1.82, 2.24) is 5.32 Å². The Labute approximate surface area is 91.9 Å². The van der Waals surface area contributed by atoms with Gasteiger partial charge < -0.3 is 14.8 Å². The van der Waals surface area contributed by atoms with Crippen molar-refractivity contribution < 1.29 is 9.47 Å². The van der Waals surface area contributed by atoms with E-state index in [9.17, 15) is 0 Å². The van der Waals surface area contributed by atoms with Crippen LogP contribution in [0.4, 0.5) is 0 Å². The Kier molecular flexibility index (Phi) is 5.78. The summed E-state index contributed by atoms with van der Waals surface area (Å²) in [6.07, 6.45) is 3.74. The molecular formula is C10H20ClNO2. The molecule has 0 radical (unpaired) electrons. The van der Waals surface area contributed by atoms with E-state index in [0.29, 0.717) is 6.04 Å². The van der Waals surface area contributed by atoms with Gasteiger partial charge in [-0.1, -0.05) is 0 Å². The van der Waals surface area contributed by atoms with Gasteiger partial charge in [-0.05, 0) is 25.2 Å². The monoisotopic (exact) mass is 221 g/mol. The molecule has 1 N–H and O–H groups in total. The van der Waals surface area contributed by atoms with Crippen molar-refractivity contribution in [2.24, 2.45) is 5.92 Å². The number of morpholine rings is 1. The predicted octanol–water partition coefficient (Wildman–Crippen LogP) is 1.21. The van der Waals surface area contributed by atoms with Crippen LogP contribution in [0.2, 0.25) is 0 Å². The second-order valence-electron chi connectivity index (χ2n) is 4.02. The highest BCUT2D eigenvalue weighted by Gasteiger charge is 2.20. The van der Waals surface area contributed by atoms with E-state index >= 15 is 0 Å². The summed E-state index contributed by atoms with van der Waals surface area (Å²) in [5.41, 5.74) is 0. The first-order chi connectivity index (χ1) is 6.45. The van der Waals surface area contributed by atoms with E-state index in [2.05, 4.69) is 5.32 Å². The van der Waals surface area contributed by atoms with Crippen molar-refractivity contribution in [2.75, 3.05) is 33.0 Å². The lowest BCUT2D eigenvalue weighted by Gasteiger charge is -2.29. The molecule has 0 bridgehead atoms. The molecule has 2 rings (SSSR count). The van der Waals surface area contributed by atoms with E-state index in [1.165, 1.54) is 19.3 Å². The molecule has 1 atom stereocenters. The number of halogens is 1. The summed E-state index contributed by atoms with van der Waals surface area (Å²) in [7, 11) is 0. The number of hydrogen-bond donors (Lipinski definition) is 1. The van der Waals surface area contributed by atoms with Crippen LogP contribution in [-0.2, 0) is 9.47 Å². The van der Waals surface area contributed by atoms with E-state index in [-0.39, 0.29) is 12.4 Å². The molecule has 0 saturated carbocycles. The molecule has 84 valence electrons. The van der Waals surface area contributed by atoms with Crippen LogP contribution in [-0.4, -0.2) is 39.0 Å². The third-order valence-electron chi connectivity index (χ3n) is 2.96. The molecule has 2 aliphatic heterocycles. The fourth-order valence-corrected chi connectivity index (χ4v) is 2.16. The summed E-state index contributed by atoms with van der Waals surface area (Å²) in [6.45, 7) is 4.71. The van der Waals surface area contributed by atoms with Gasteiger partial charge in [0, 0.05) is 25.8 Å². The summed E-state index contributed by atoms with van der Waals surface area (Å²) in [5, 5.41) is 3.50. The maximum absolute atomic E-state index is 5.43. The minimum Gasteiger partial charge on any atom is -0.381 e. The van der Waals surface area contributed by atoms with Gasteiger partial charge in [-0.25, -0.2) is 0 Å². The average Bonchev–Trinajstić information content (AvgIpc) is 2.21. The molecule has 3 nitrogen and oxygen atoms in total. The lowest BCUT2D eigenvalue weighted by atomic mass is 9.92. The smallest absolute Gasteiger partial charge is 0.0620 e. The van der Waals surface area contributed by atoms with E-state index in [4.69, 9.17) is 9.47 Å². The maximum atomic E-state index is 5.43. The van der Waals surface area contributed by atoms with Crippen molar-refractivity contribution in [2.45, 2.75) is 25.3 Å². The zero-order valence-electron chi connectivity index (χ0n) is 8.54. The average molecular weight is 222 g/mol. The Balaban J connectivity index is 0.000000980. The number of rotatable bonds is 2. The zero-order valence-corrected chi connectivity index (χ0v) is 9.35. The Morgan fingerprint density at radius 1 is 1.07 bits per heavy atom. The Morgan fingerprint density at radius 2 is 1.86 bits per heavy atom. The van der Waals surface area contributed by atoms with Crippen molar-refractivity contribution >= 4 is 12.4 Å². The molecule has 4 heteroatoms. The van der Waals surface area contributed by atoms with Crippen LogP contribution in [0.25, 0.3) is 0 Å². The summed E-state index contributed by atoms with van der Waals surface area (Å²) >= 11 is 0. The first-order valence-electron chi connectivity index (χ1n) is 5.34. The quantitative estimate of drug-likeness (QED) is 0.761. The highest BCUT2D eigenvalue weighted by atomic mass is 35.5. The lowest BCUT2D eigenvalue weighted by molar-refractivity contribution is 0.0378. The van der Waals surface area contributed by atoms with Crippen molar-refractivity contribution in [3.63, 3.8) is 0 Å². The lowest BCUT2D eigenvalue weighted by Crippen LogP contribution is -2.42. The van der Waals surface area contributed by atoms with Gasteiger partial charge in [0.25, 0.3) is 0 Å². The van der Waals surface area contributed by atoms with Gasteiger partial charge in [-0.15, -0.1) is 12.4 Å². The molecule has 0 aromatic heterocycles. The molecule has 0 amide bonds. The standard InChI is InChI=1S/C10H19NO2.ClH/c1-4-12-5-2-9(1)7-10-8-13-6-3-11-10;/h9-11H,1-8H2;1H. The summed E-state index contributed by atoms with van der Waals surface area (Å²) in [5.74, 6) is 0.855. The Morgan fingerprint density at radius 3 is 2.50 bits per heavy atom. The minimum absolute atomic E-state index is 0. The molecule has 2 saturated heterocycles.